The lowest BCUT2D eigenvalue weighted by Gasteiger charge is -2.17. The van der Waals surface area contributed by atoms with Crippen LogP contribution in [0.3, 0.4) is 0 Å². The summed E-state index contributed by atoms with van der Waals surface area (Å²) in [6.45, 7) is 6.61. The maximum absolute atomic E-state index is 11.6. The normalized spacial score (nSPS) is 10.8. The van der Waals surface area contributed by atoms with Crippen molar-refractivity contribution < 1.29 is 9.59 Å². The van der Waals surface area contributed by atoms with E-state index in [2.05, 4.69) is 26.1 Å². The van der Waals surface area contributed by atoms with E-state index in [1.165, 1.54) is 7.05 Å². The molecule has 1 aromatic rings. The van der Waals surface area contributed by atoms with Gasteiger partial charge in [0.15, 0.2) is 5.69 Å². The predicted octanol–water partition coefficient (Wildman–Crippen LogP) is 0.410. The number of rotatable bonds is 5. The van der Waals surface area contributed by atoms with Crippen molar-refractivity contribution >= 4 is 17.6 Å². The minimum Gasteiger partial charge on any atom is -0.367 e. The highest BCUT2D eigenvalue weighted by Crippen LogP contribution is 2.11. The smallest absolute Gasteiger partial charge is 0.271 e. The molecule has 1 aromatic heterocycles. The predicted molar refractivity (Wildman–Crippen MR) is 76.4 cm³/mol. The van der Waals surface area contributed by atoms with Gasteiger partial charge in [-0.2, -0.15) is 0 Å². The molecule has 7 nitrogen and oxygen atoms in total. The van der Waals surface area contributed by atoms with Gasteiger partial charge in [-0.25, -0.2) is 0 Å². The van der Waals surface area contributed by atoms with Gasteiger partial charge in [0.25, 0.3) is 5.91 Å². The number of hydrogen-bond donors (Lipinski definition) is 3. The molecule has 0 spiro atoms. The zero-order valence-electron chi connectivity index (χ0n) is 12.3. The highest BCUT2D eigenvalue weighted by atomic mass is 16.2. The van der Waals surface area contributed by atoms with Crippen LogP contribution in [0.5, 0.6) is 0 Å². The Morgan fingerprint density at radius 1 is 1.15 bits per heavy atom. The Hall–Kier alpha value is -2.18. The van der Waals surface area contributed by atoms with Gasteiger partial charge >= 0.3 is 0 Å². The SMILES string of the molecule is CNC(=O)c1ccc(NCCNC(=O)C(C)(C)C)nn1. The van der Waals surface area contributed by atoms with E-state index in [1.807, 2.05) is 20.8 Å². The van der Waals surface area contributed by atoms with Crippen LogP contribution >= 0.6 is 0 Å². The summed E-state index contributed by atoms with van der Waals surface area (Å²) in [4.78, 5) is 22.9. The molecule has 0 unspecified atom stereocenters. The second-order valence-corrected chi connectivity index (χ2v) is 5.32. The summed E-state index contributed by atoms with van der Waals surface area (Å²) in [6.07, 6.45) is 0. The zero-order valence-corrected chi connectivity index (χ0v) is 12.3. The van der Waals surface area contributed by atoms with Crippen LogP contribution in [0.1, 0.15) is 31.3 Å². The first-order chi connectivity index (χ1) is 9.34. The molecule has 0 aliphatic carbocycles. The van der Waals surface area contributed by atoms with E-state index in [0.717, 1.165) is 0 Å². The molecule has 0 saturated heterocycles. The fourth-order valence-electron chi connectivity index (χ4n) is 1.31. The van der Waals surface area contributed by atoms with Crippen LogP contribution in [0.2, 0.25) is 0 Å². The molecule has 0 fully saturated rings. The lowest BCUT2D eigenvalue weighted by Crippen LogP contribution is -2.37. The van der Waals surface area contributed by atoms with Crippen LogP contribution in [0.15, 0.2) is 12.1 Å². The van der Waals surface area contributed by atoms with Crippen LogP contribution in [0, 0.1) is 5.41 Å². The van der Waals surface area contributed by atoms with Crippen LogP contribution in [-0.4, -0.2) is 42.1 Å². The van der Waals surface area contributed by atoms with Crippen LogP contribution in [-0.2, 0) is 4.79 Å². The van der Waals surface area contributed by atoms with E-state index >= 15 is 0 Å². The number of aromatic nitrogens is 2. The molecule has 0 radical (unpaired) electrons. The van der Waals surface area contributed by atoms with Crippen molar-refractivity contribution in [1.29, 1.82) is 0 Å². The first-order valence-electron chi connectivity index (χ1n) is 6.42. The van der Waals surface area contributed by atoms with Crippen LogP contribution < -0.4 is 16.0 Å². The number of nitrogens with one attached hydrogen (secondary N) is 3. The molecule has 0 atom stereocenters. The van der Waals surface area contributed by atoms with Gasteiger partial charge in [0.2, 0.25) is 5.91 Å². The number of hydrogen-bond acceptors (Lipinski definition) is 5. The molecule has 0 aromatic carbocycles. The average Bonchev–Trinajstić information content (AvgIpc) is 2.42. The van der Waals surface area contributed by atoms with Crippen molar-refractivity contribution in [2.75, 3.05) is 25.5 Å². The fraction of sp³-hybridized carbons (Fsp3) is 0.538. The van der Waals surface area contributed by atoms with E-state index in [-0.39, 0.29) is 17.5 Å². The van der Waals surface area contributed by atoms with E-state index in [0.29, 0.717) is 18.9 Å². The average molecular weight is 279 g/mol. The largest absolute Gasteiger partial charge is 0.367 e. The van der Waals surface area contributed by atoms with Gasteiger partial charge in [0, 0.05) is 25.6 Å². The molecule has 20 heavy (non-hydrogen) atoms. The maximum atomic E-state index is 11.6. The molecule has 0 saturated carbocycles. The molecule has 2 amide bonds. The van der Waals surface area contributed by atoms with Crippen molar-refractivity contribution in [1.82, 2.24) is 20.8 Å². The third-order valence-corrected chi connectivity index (χ3v) is 2.52. The van der Waals surface area contributed by atoms with Crippen molar-refractivity contribution in [2.45, 2.75) is 20.8 Å². The highest BCUT2D eigenvalue weighted by Gasteiger charge is 2.20. The van der Waals surface area contributed by atoms with Crippen LogP contribution in [0.25, 0.3) is 0 Å². The number of amides is 2. The second kappa shape index (κ2) is 6.83. The Balaban J connectivity index is 2.36. The van der Waals surface area contributed by atoms with Gasteiger partial charge in [-0.05, 0) is 12.1 Å². The number of nitrogens with zero attached hydrogens (tertiary/aromatic N) is 2. The summed E-state index contributed by atoms with van der Waals surface area (Å²) in [5.74, 6) is 0.282. The van der Waals surface area contributed by atoms with Gasteiger partial charge < -0.3 is 16.0 Å². The molecular weight excluding hydrogens is 258 g/mol. The molecule has 7 heteroatoms. The molecule has 0 bridgehead atoms. The van der Waals surface area contributed by atoms with E-state index < -0.39 is 5.41 Å². The standard InChI is InChI=1S/C13H21N5O2/c1-13(2,3)12(20)16-8-7-15-10-6-5-9(17-18-10)11(19)14-4/h5-6H,7-8H2,1-4H3,(H,14,19)(H,15,18)(H,16,20). The minimum atomic E-state index is -0.394. The maximum Gasteiger partial charge on any atom is 0.271 e. The Labute approximate surface area is 118 Å². The summed E-state index contributed by atoms with van der Waals surface area (Å²) in [5, 5.41) is 16.0. The van der Waals surface area contributed by atoms with Crippen molar-refractivity contribution in [2.24, 2.45) is 5.41 Å². The zero-order chi connectivity index (χ0) is 15.2. The molecule has 1 heterocycles. The number of carbonyl (C=O) groups excluding carboxylic acids is 2. The lowest BCUT2D eigenvalue weighted by atomic mass is 9.96. The Kier molecular flexibility index (Phi) is 5.42. The van der Waals surface area contributed by atoms with E-state index in [4.69, 9.17) is 0 Å². The van der Waals surface area contributed by atoms with E-state index in [9.17, 15) is 9.59 Å². The number of carbonyl (C=O) groups is 2. The molecule has 0 aliphatic heterocycles. The molecule has 3 N–H and O–H groups in total. The first kappa shape index (κ1) is 15.9. The number of anilines is 1. The van der Waals surface area contributed by atoms with Crippen molar-refractivity contribution in [3.05, 3.63) is 17.8 Å². The lowest BCUT2D eigenvalue weighted by molar-refractivity contribution is -0.128. The molecule has 0 aliphatic rings. The Morgan fingerprint density at radius 2 is 1.85 bits per heavy atom. The van der Waals surface area contributed by atoms with Gasteiger partial charge in [-0.1, -0.05) is 20.8 Å². The van der Waals surface area contributed by atoms with Gasteiger partial charge in [0.05, 0.1) is 0 Å². The van der Waals surface area contributed by atoms with Crippen molar-refractivity contribution in [3.8, 4) is 0 Å². The van der Waals surface area contributed by atoms with Gasteiger partial charge in [-0.3, -0.25) is 9.59 Å². The Bertz CT molecular complexity index is 465. The van der Waals surface area contributed by atoms with Crippen LogP contribution in [0.4, 0.5) is 5.82 Å². The van der Waals surface area contributed by atoms with E-state index in [1.54, 1.807) is 12.1 Å². The third-order valence-electron chi connectivity index (χ3n) is 2.52. The first-order valence-corrected chi connectivity index (χ1v) is 6.42. The van der Waals surface area contributed by atoms with Gasteiger partial charge in [0.1, 0.15) is 5.82 Å². The summed E-state index contributed by atoms with van der Waals surface area (Å²) >= 11 is 0. The molecular formula is C13H21N5O2. The molecule has 1 rings (SSSR count). The minimum absolute atomic E-state index is 0.000323. The molecule has 110 valence electrons. The monoisotopic (exact) mass is 279 g/mol. The fourth-order valence-corrected chi connectivity index (χ4v) is 1.31. The van der Waals surface area contributed by atoms with Crippen molar-refractivity contribution in [3.63, 3.8) is 0 Å². The summed E-state index contributed by atoms with van der Waals surface area (Å²) in [6, 6.07) is 3.26. The summed E-state index contributed by atoms with van der Waals surface area (Å²) < 4.78 is 0. The summed E-state index contributed by atoms with van der Waals surface area (Å²) in [5.41, 5.74) is -0.131. The quantitative estimate of drug-likeness (QED) is 0.678. The third kappa shape index (κ3) is 4.83. The highest BCUT2D eigenvalue weighted by molar-refractivity contribution is 5.91. The topological polar surface area (TPSA) is 96.0 Å². The summed E-state index contributed by atoms with van der Waals surface area (Å²) in [7, 11) is 1.54. The second-order valence-electron chi connectivity index (χ2n) is 5.32. The Morgan fingerprint density at radius 3 is 2.35 bits per heavy atom. The van der Waals surface area contributed by atoms with Gasteiger partial charge in [-0.15, -0.1) is 10.2 Å².